The molecule has 4 nitrogen and oxygen atoms in total. The fourth-order valence-electron chi connectivity index (χ4n) is 2.55. The van der Waals surface area contributed by atoms with Crippen molar-refractivity contribution in [1.29, 1.82) is 0 Å². The molecule has 5 heteroatoms. The van der Waals surface area contributed by atoms with Crippen LogP contribution >= 0.6 is 11.3 Å². The van der Waals surface area contributed by atoms with Gasteiger partial charge in [0.1, 0.15) is 0 Å². The largest absolute Gasteiger partial charge is 0.449 e. The summed E-state index contributed by atoms with van der Waals surface area (Å²) in [6.07, 6.45) is 9.13. The average molecular weight is 321 g/mol. The van der Waals surface area contributed by atoms with Gasteiger partial charge in [0.2, 0.25) is 0 Å². The summed E-state index contributed by atoms with van der Waals surface area (Å²) in [6, 6.07) is 4.05. The highest BCUT2D eigenvalue weighted by Gasteiger charge is 2.21. The van der Waals surface area contributed by atoms with Crippen LogP contribution in [-0.2, 0) is 14.3 Å². The summed E-state index contributed by atoms with van der Waals surface area (Å²) < 4.78 is 5.15. The Hall–Kier alpha value is -1.62. The molecule has 0 unspecified atom stereocenters. The zero-order valence-corrected chi connectivity index (χ0v) is 13.7. The predicted octanol–water partition coefficient (Wildman–Crippen LogP) is 3.53. The molecular formula is C17H23NO3S. The average Bonchev–Trinajstić information content (AvgIpc) is 2.89. The number of rotatable bonds is 5. The van der Waals surface area contributed by atoms with Crippen molar-refractivity contribution in [2.45, 2.75) is 57.6 Å². The first kappa shape index (κ1) is 16.7. The zero-order valence-electron chi connectivity index (χ0n) is 12.9. The van der Waals surface area contributed by atoms with Crippen molar-refractivity contribution in [3.63, 3.8) is 0 Å². The van der Waals surface area contributed by atoms with Crippen LogP contribution in [0.25, 0.3) is 6.08 Å². The lowest BCUT2D eigenvalue weighted by atomic mass is 10.1. The number of nitrogens with one attached hydrogen (secondary N) is 1. The lowest BCUT2D eigenvalue weighted by molar-refractivity contribution is -0.150. The summed E-state index contributed by atoms with van der Waals surface area (Å²) >= 11 is 1.54. The number of thiophene rings is 1. The quantitative estimate of drug-likeness (QED) is 0.513. The van der Waals surface area contributed by atoms with Gasteiger partial charge in [-0.15, -0.1) is 11.3 Å². The van der Waals surface area contributed by atoms with Crippen LogP contribution in [0.5, 0.6) is 0 Å². The van der Waals surface area contributed by atoms with Gasteiger partial charge in [0, 0.05) is 17.0 Å². The molecule has 1 amide bonds. The number of esters is 1. The Bertz CT molecular complexity index is 502. The van der Waals surface area contributed by atoms with Crippen LogP contribution in [0, 0.1) is 0 Å². The highest BCUT2D eigenvalue weighted by Crippen LogP contribution is 2.17. The van der Waals surface area contributed by atoms with Crippen LogP contribution in [0.15, 0.2) is 23.6 Å². The van der Waals surface area contributed by atoms with E-state index >= 15 is 0 Å². The molecule has 1 fully saturated rings. The fourth-order valence-corrected chi connectivity index (χ4v) is 3.16. The van der Waals surface area contributed by atoms with E-state index in [1.165, 1.54) is 18.9 Å². The van der Waals surface area contributed by atoms with Gasteiger partial charge in [-0.3, -0.25) is 4.79 Å². The molecule has 0 saturated heterocycles. The van der Waals surface area contributed by atoms with E-state index in [9.17, 15) is 9.59 Å². The normalized spacial score (nSPS) is 17.9. The second kappa shape index (κ2) is 8.73. The van der Waals surface area contributed by atoms with E-state index in [0.717, 1.165) is 30.6 Å². The molecule has 120 valence electrons. The SMILES string of the molecule is C[C@@H](OC(=O)/C=C/c1cccs1)C(=O)NC1CCCCCC1. The molecule has 1 aromatic rings. The van der Waals surface area contributed by atoms with Gasteiger partial charge >= 0.3 is 5.97 Å². The van der Waals surface area contributed by atoms with Gasteiger partial charge in [0.25, 0.3) is 5.91 Å². The molecule has 0 aromatic carbocycles. The third-order valence-corrected chi connectivity index (χ3v) is 4.63. The smallest absolute Gasteiger partial charge is 0.331 e. The Kier molecular flexibility index (Phi) is 6.65. The van der Waals surface area contributed by atoms with E-state index in [4.69, 9.17) is 4.74 Å². The topological polar surface area (TPSA) is 55.4 Å². The summed E-state index contributed by atoms with van der Waals surface area (Å²) in [6.45, 7) is 1.61. The number of amides is 1. The fraction of sp³-hybridized carbons (Fsp3) is 0.529. The van der Waals surface area contributed by atoms with E-state index in [1.807, 2.05) is 17.5 Å². The van der Waals surface area contributed by atoms with Gasteiger partial charge in [-0.25, -0.2) is 4.79 Å². The van der Waals surface area contributed by atoms with Crippen molar-refractivity contribution in [3.8, 4) is 0 Å². The zero-order chi connectivity index (χ0) is 15.8. The predicted molar refractivity (Wildman–Crippen MR) is 88.5 cm³/mol. The van der Waals surface area contributed by atoms with Crippen molar-refractivity contribution in [3.05, 3.63) is 28.5 Å². The maximum absolute atomic E-state index is 12.1. The Morgan fingerprint density at radius 1 is 1.32 bits per heavy atom. The second-order valence-corrected chi connectivity index (χ2v) is 6.60. The minimum atomic E-state index is -0.760. The van der Waals surface area contributed by atoms with Gasteiger partial charge in [0.15, 0.2) is 6.10 Å². The molecule has 0 spiro atoms. The minimum Gasteiger partial charge on any atom is -0.449 e. The monoisotopic (exact) mass is 321 g/mol. The van der Waals surface area contributed by atoms with E-state index in [0.29, 0.717) is 0 Å². The molecule has 1 aromatic heterocycles. The molecule has 1 aliphatic carbocycles. The van der Waals surface area contributed by atoms with Crippen LogP contribution in [0.3, 0.4) is 0 Å². The van der Waals surface area contributed by atoms with E-state index in [1.54, 1.807) is 24.3 Å². The van der Waals surface area contributed by atoms with Crippen LogP contribution in [-0.4, -0.2) is 24.0 Å². The molecule has 1 saturated carbocycles. The summed E-state index contributed by atoms with van der Waals surface area (Å²) in [5.41, 5.74) is 0. The first-order valence-corrected chi connectivity index (χ1v) is 8.75. The number of carbonyl (C=O) groups excluding carboxylic acids is 2. The summed E-state index contributed by atoms with van der Waals surface area (Å²) in [4.78, 5) is 24.8. The van der Waals surface area contributed by atoms with Gasteiger partial charge in [0.05, 0.1) is 0 Å². The number of hydrogen-bond donors (Lipinski definition) is 1. The van der Waals surface area contributed by atoms with Crippen LogP contribution in [0.2, 0.25) is 0 Å². The second-order valence-electron chi connectivity index (χ2n) is 5.62. The Morgan fingerprint density at radius 3 is 2.68 bits per heavy atom. The summed E-state index contributed by atoms with van der Waals surface area (Å²) in [5.74, 6) is -0.693. The Labute approximate surface area is 135 Å². The molecule has 0 radical (unpaired) electrons. The number of carbonyl (C=O) groups is 2. The summed E-state index contributed by atoms with van der Waals surface area (Å²) in [7, 11) is 0. The molecule has 2 rings (SSSR count). The van der Waals surface area contributed by atoms with Crippen molar-refractivity contribution < 1.29 is 14.3 Å². The maximum Gasteiger partial charge on any atom is 0.331 e. The molecule has 1 heterocycles. The van der Waals surface area contributed by atoms with Crippen LogP contribution in [0.1, 0.15) is 50.3 Å². The molecule has 0 bridgehead atoms. The maximum atomic E-state index is 12.1. The minimum absolute atomic E-state index is 0.204. The molecule has 1 atom stereocenters. The Balaban J connectivity index is 1.76. The molecular weight excluding hydrogens is 298 g/mol. The van der Waals surface area contributed by atoms with Crippen molar-refractivity contribution in [1.82, 2.24) is 5.32 Å². The lowest BCUT2D eigenvalue weighted by Crippen LogP contribution is -2.41. The van der Waals surface area contributed by atoms with Crippen LogP contribution < -0.4 is 5.32 Å². The van der Waals surface area contributed by atoms with Crippen molar-refractivity contribution >= 4 is 29.3 Å². The summed E-state index contributed by atoms with van der Waals surface area (Å²) in [5, 5.41) is 4.93. The van der Waals surface area contributed by atoms with Crippen LogP contribution in [0.4, 0.5) is 0 Å². The van der Waals surface area contributed by atoms with Gasteiger partial charge in [-0.05, 0) is 37.3 Å². The highest BCUT2D eigenvalue weighted by molar-refractivity contribution is 7.10. The number of hydrogen-bond acceptors (Lipinski definition) is 4. The highest BCUT2D eigenvalue weighted by atomic mass is 32.1. The van der Waals surface area contributed by atoms with Gasteiger partial charge in [-0.2, -0.15) is 0 Å². The van der Waals surface area contributed by atoms with E-state index < -0.39 is 12.1 Å². The third-order valence-electron chi connectivity index (χ3n) is 3.79. The molecule has 22 heavy (non-hydrogen) atoms. The van der Waals surface area contributed by atoms with E-state index in [-0.39, 0.29) is 11.9 Å². The van der Waals surface area contributed by atoms with Crippen molar-refractivity contribution in [2.75, 3.05) is 0 Å². The first-order chi connectivity index (χ1) is 10.6. The van der Waals surface area contributed by atoms with Gasteiger partial charge in [-0.1, -0.05) is 31.7 Å². The molecule has 1 aliphatic rings. The first-order valence-electron chi connectivity index (χ1n) is 7.88. The van der Waals surface area contributed by atoms with E-state index in [2.05, 4.69) is 5.32 Å². The van der Waals surface area contributed by atoms with Gasteiger partial charge < -0.3 is 10.1 Å². The third kappa shape index (κ3) is 5.64. The molecule has 0 aliphatic heterocycles. The Morgan fingerprint density at radius 2 is 2.05 bits per heavy atom. The standard InChI is InChI=1S/C17H23NO3S/c1-13(17(20)18-14-7-4-2-3-5-8-14)21-16(19)11-10-15-9-6-12-22-15/h6,9-14H,2-5,7-8H2,1H3,(H,18,20)/b11-10+/t13-/m1/s1. The lowest BCUT2D eigenvalue weighted by Gasteiger charge is -2.19. The number of ether oxygens (including phenoxy) is 1. The van der Waals surface area contributed by atoms with Crippen molar-refractivity contribution in [2.24, 2.45) is 0 Å². The molecule has 1 N–H and O–H groups in total.